The van der Waals surface area contributed by atoms with Crippen molar-refractivity contribution in [1.82, 2.24) is 4.90 Å². The molecule has 0 aliphatic carbocycles. The fraction of sp³-hybridized carbons (Fsp3) is 0.400. The third-order valence-corrected chi connectivity index (χ3v) is 1.87. The number of halogens is 1. The molecule has 1 aromatic carbocycles. The van der Waals surface area contributed by atoms with Gasteiger partial charge in [0.2, 0.25) is 0 Å². The van der Waals surface area contributed by atoms with Gasteiger partial charge in [-0.05, 0) is 14.1 Å². The predicted molar refractivity (Wildman–Crippen MR) is 51.7 cm³/mol. The molecule has 3 heteroatoms. The second-order valence-electron chi connectivity index (χ2n) is 3.33. The molecule has 0 aromatic heterocycles. The van der Waals surface area contributed by atoms with Crippen molar-refractivity contribution >= 4 is 0 Å². The van der Waals surface area contributed by atoms with Crippen LogP contribution in [0.2, 0.25) is 0 Å². The van der Waals surface area contributed by atoms with E-state index in [1.165, 1.54) is 0 Å². The van der Waals surface area contributed by atoms with Gasteiger partial charge in [0.25, 0.3) is 0 Å². The third-order valence-electron chi connectivity index (χ3n) is 1.87. The Kier molecular flexibility index (Phi) is 3.39. The Morgan fingerprint density at radius 3 is 2.46 bits per heavy atom. The van der Waals surface area contributed by atoms with Gasteiger partial charge >= 0.3 is 0 Å². The van der Waals surface area contributed by atoms with Gasteiger partial charge in [-0.25, -0.2) is 4.39 Å². The van der Waals surface area contributed by atoms with Gasteiger partial charge < -0.3 is 10.6 Å². The second kappa shape index (κ2) is 4.35. The van der Waals surface area contributed by atoms with Crippen LogP contribution in [0.15, 0.2) is 18.2 Å². The van der Waals surface area contributed by atoms with Crippen LogP contribution in [0.1, 0.15) is 11.1 Å². The number of rotatable bonds is 3. The van der Waals surface area contributed by atoms with Gasteiger partial charge in [0.05, 0.1) is 0 Å². The number of nitrogens with two attached hydrogens (primary N) is 1. The number of hydrogen-bond donors (Lipinski definition) is 1. The molecule has 72 valence electrons. The van der Waals surface area contributed by atoms with Crippen LogP contribution < -0.4 is 5.73 Å². The summed E-state index contributed by atoms with van der Waals surface area (Å²) in [7, 11) is 3.82. The van der Waals surface area contributed by atoms with E-state index in [1.807, 2.05) is 25.1 Å². The zero-order valence-corrected chi connectivity index (χ0v) is 8.05. The number of benzene rings is 1. The Bertz CT molecular complexity index is 284. The van der Waals surface area contributed by atoms with Crippen LogP contribution >= 0.6 is 0 Å². The first-order valence-electron chi connectivity index (χ1n) is 4.26. The Balaban J connectivity index is 2.94. The summed E-state index contributed by atoms with van der Waals surface area (Å²) in [5, 5.41) is 0. The molecule has 0 fully saturated rings. The van der Waals surface area contributed by atoms with E-state index in [9.17, 15) is 4.39 Å². The van der Waals surface area contributed by atoms with Crippen LogP contribution in [0.3, 0.4) is 0 Å². The normalized spacial score (nSPS) is 10.8. The van der Waals surface area contributed by atoms with Crippen LogP contribution in [0.5, 0.6) is 0 Å². The lowest BCUT2D eigenvalue weighted by Gasteiger charge is -2.11. The summed E-state index contributed by atoms with van der Waals surface area (Å²) in [5.74, 6) is -0.168. The maximum absolute atomic E-state index is 13.5. The molecule has 0 saturated heterocycles. The van der Waals surface area contributed by atoms with E-state index < -0.39 is 0 Å². The molecule has 0 spiro atoms. The fourth-order valence-corrected chi connectivity index (χ4v) is 1.25. The van der Waals surface area contributed by atoms with Crippen molar-refractivity contribution in [2.75, 3.05) is 14.1 Å². The molecule has 0 aliphatic rings. The summed E-state index contributed by atoms with van der Waals surface area (Å²) >= 11 is 0. The molecule has 0 aliphatic heterocycles. The third kappa shape index (κ3) is 2.50. The smallest absolute Gasteiger partial charge is 0.132 e. The minimum atomic E-state index is -0.168. The maximum atomic E-state index is 13.5. The summed E-state index contributed by atoms with van der Waals surface area (Å²) in [5.41, 5.74) is 6.68. The first-order valence-corrected chi connectivity index (χ1v) is 4.26. The van der Waals surface area contributed by atoms with E-state index in [2.05, 4.69) is 0 Å². The van der Waals surface area contributed by atoms with Gasteiger partial charge in [0.1, 0.15) is 5.82 Å². The van der Waals surface area contributed by atoms with Crippen molar-refractivity contribution in [2.24, 2.45) is 5.73 Å². The molecule has 0 heterocycles. The molecule has 0 atom stereocenters. The Morgan fingerprint density at radius 2 is 1.92 bits per heavy atom. The molecule has 0 saturated carbocycles. The Morgan fingerprint density at radius 1 is 1.31 bits per heavy atom. The standard InChI is InChI=1S/C10H15FN2/c1-13(2)7-9-5-3-4-8(6-12)10(9)11/h3-5H,6-7,12H2,1-2H3. The van der Waals surface area contributed by atoms with Crippen LogP contribution in [-0.4, -0.2) is 19.0 Å². The Labute approximate surface area is 78.2 Å². The molecular weight excluding hydrogens is 167 g/mol. The Hall–Kier alpha value is -0.930. The lowest BCUT2D eigenvalue weighted by atomic mass is 10.1. The lowest BCUT2D eigenvalue weighted by molar-refractivity contribution is 0.391. The summed E-state index contributed by atoms with van der Waals surface area (Å²) in [6.07, 6.45) is 0. The zero-order chi connectivity index (χ0) is 9.84. The zero-order valence-electron chi connectivity index (χ0n) is 8.05. The highest BCUT2D eigenvalue weighted by Gasteiger charge is 2.06. The van der Waals surface area contributed by atoms with Crippen molar-refractivity contribution in [1.29, 1.82) is 0 Å². The van der Waals surface area contributed by atoms with Crippen LogP contribution in [0.4, 0.5) is 4.39 Å². The van der Waals surface area contributed by atoms with Crippen molar-refractivity contribution in [3.05, 3.63) is 35.1 Å². The van der Waals surface area contributed by atoms with Crippen molar-refractivity contribution in [3.63, 3.8) is 0 Å². The summed E-state index contributed by atoms with van der Waals surface area (Å²) in [4.78, 5) is 1.93. The monoisotopic (exact) mass is 182 g/mol. The summed E-state index contributed by atoms with van der Waals surface area (Å²) in [6, 6.07) is 5.34. The van der Waals surface area contributed by atoms with E-state index in [-0.39, 0.29) is 12.4 Å². The van der Waals surface area contributed by atoms with Crippen LogP contribution in [0, 0.1) is 5.82 Å². The molecule has 0 bridgehead atoms. The molecule has 0 radical (unpaired) electrons. The largest absolute Gasteiger partial charge is 0.326 e. The highest BCUT2D eigenvalue weighted by atomic mass is 19.1. The molecule has 1 aromatic rings. The first kappa shape index (κ1) is 10.2. The van der Waals surface area contributed by atoms with Gasteiger partial charge in [0.15, 0.2) is 0 Å². The molecule has 2 nitrogen and oxygen atoms in total. The fourth-order valence-electron chi connectivity index (χ4n) is 1.25. The quantitative estimate of drug-likeness (QED) is 0.764. The van der Waals surface area contributed by atoms with Crippen molar-refractivity contribution in [2.45, 2.75) is 13.1 Å². The summed E-state index contributed by atoms with van der Waals surface area (Å²) < 4.78 is 13.5. The number of hydrogen-bond acceptors (Lipinski definition) is 2. The minimum Gasteiger partial charge on any atom is -0.326 e. The molecule has 2 N–H and O–H groups in total. The van der Waals surface area contributed by atoms with Crippen LogP contribution in [-0.2, 0) is 13.1 Å². The maximum Gasteiger partial charge on any atom is 0.132 e. The SMILES string of the molecule is CN(C)Cc1cccc(CN)c1F. The average Bonchev–Trinajstić information content (AvgIpc) is 2.08. The van der Waals surface area contributed by atoms with Gasteiger partial charge in [0, 0.05) is 24.2 Å². The van der Waals surface area contributed by atoms with Crippen molar-refractivity contribution < 1.29 is 4.39 Å². The molecule has 0 amide bonds. The van der Waals surface area contributed by atoms with E-state index in [4.69, 9.17) is 5.73 Å². The molecule has 0 unspecified atom stereocenters. The van der Waals surface area contributed by atoms with E-state index in [0.29, 0.717) is 17.7 Å². The van der Waals surface area contributed by atoms with Gasteiger partial charge in [-0.1, -0.05) is 18.2 Å². The van der Waals surface area contributed by atoms with Crippen molar-refractivity contribution in [3.8, 4) is 0 Å². The van der Waals surface area contributed by atoms with Gasteiger partial charge in [-0.15, -0.1) is 0 Å². The van der Waals surface area contributed by atoms with Gasteiger partial charge in [-0.2, -0.15) is 0 Å². The van der Waals surface area contributed by atoms with E-state index in [1.54, 1.807) is 12.1 Å². The van der Waals surface area contributed by atoms with Gasteiger partial charge in [-0.3, -0.25) is 0 Å². The molecular formula is C10H15FN2. The second-order valence-corrected chi connectivity index (χ2v) is 3.33. The molecule has 13 heavy (non-hydrogen) atoms. The summed E-state index contributed by atoms with van der Waals surface area (Å²) in [6.45, 7) is 0.868. The first-order chi connectivity index (χ1) is 6.15. The average molecular weight is 182 g/mol. The molecule has 1 rings (SSSR count). The highest BCUT2D eigenvalue weighted by molar-refractivity contribution is 5.25. The van der Waals surface area contributed by atoms with E-state index >= 15 is 0 Å². The minimum absolute atomic E-state index is 0.168. The van der Waals surface area contributed by atoms with E-state index in [0.717, 1.165) is 0 Å². The number of nitrogens with zero attached hydrogens (tertiary/aromatic N) is 1. The van der Waals surface area contributed by atoms with Crippen LogP contribution in [0.25, 0.3) is 0 Å². The lowest BCUT2D eigenvalue weighted by Crippen LogP contribution is -2.13. The topological polar surface area (TPSA) is 29.3 Å². The highest BCUT2D eigenvalue weighted by Crippen LogP contribution is 2.13. The predicted octanol–water partition coefficient (Wildman–Crippen LogP) is 1.35.